The molecule has 120 valence electrons. The van der Waals surface area contributed by atoms with Gasteiger partial charge in [-0.15, -0.1) is 0 Å². The predicted molar refractivity (Wildman–Crippen MR) is 92.9 cm³/mol. The van der Waals surface area contributed by atoms with Crippen molar-refractivity contribution in [2.24, 2.45) is 7.05 Å². The van der Waals surface area contributed by atoms with Crippen LogP contribution in [-0.4, -0.2) is 32.7 Å². The van der Waals surface area contributed by atoms with Crippen LogP contribution in [0.15, 0.2) is 30.6 Å². The number of hydrogen-bond donors (Lipinski definition) is 0. The van der Waals surface area contributed by atoms with Crippen molar-refractivity contribution in [3.05, 3.63) is 41.9 Å². The van der Waals surface area contributed by atoms with Gasteiger partial charge in [0, 0.05) is 37.4 Å². The van der Waals surface area contributed by atoms with Crippen molar-refractivity contribution >= 4 is 16.6 Å². The van der Waals surface area contributed by atoms with E-state index in [1.165, 1.54) is 22.2 Å². The molecular formula is C18H23N5. The number of aromatic nitrogens is 4. The average Bonchev–Trinajstić information content (AvgIpc) is 3.12. The predicted octanol–water partition coefficient (Wildman–Crippen LogP) is 3.23. The second kappa shape index (κ2) is 5.41. The summed E-state index contributed by atoms with van der Waals surface area (Å²) in [6.45, 7) is 6.32. The highest BCUT2D eigenvalue weighted by atomic mass is 15.3. The molecular weight excluding hydrogens is 286 g/mol. The third-order valence-corrected chi connectivity index (χ3v) is 4.95. The Morgan fingerprint density at radius 1 is 1.13 bits per heavy atom. The van der Waals surface area contributed by atoms with Crippen LogP contribution in [0.1, 0.15) is 30.1 Å². The summed E-state index contributed by atoms with van der Waals surface area (Å²) in [5.74, 6) is 0. The van der Waals surface area contributed by atoms with Crippen LogP contribution in [0.5, 0.6) is 0 Å². The number of benzene rings is 1. The van der Waals surface area contributed by atoms with E-state index in [0.29, 0.717) is 6.04 Å². The maximum Gasteiger partial charge on any atom is 0.0702 e. The SMILES string of the molecule is Cc1cnn(C2CCN(c3ccc4c(C)nn(C)c4c3)CC2)c1. The Kier molecular flexibility index (Phi) is 3.36. The van der Waals surface area contributed by atoms with E-state index >= 15 is 0 Å². The molecule has 1 aliphatic heterocycles. The Balaban J connectivity index is 1.53. The summed E-state index contributed by atoms with van der Waals surface area (Å²) in [4.78, 5) is 2.48. The molecule has 23 heavy (non-hydrogen) atoms. The quantitative estimate of drug-likeness (QED) is 0.729. The minimum atomic E-state index is 0.530. The van der Waals surface area contributed by atoms with Crippen molar-refractivity contribution in [2.75, 3.05) is 18.0 Å². The number of fused-ring (bicyclic) bond motifs is 1. The second-order valence-corrected chi connectivity index (χ2v) is 6.63. The van der Waals surface area contributed by atoms with Gasteiger partial charge in [0.1, 0.15) is 0 Å². The zero-order chi connectivity index (χ0) is 16.0. The molecule has 0 saturated carbocycles. The van der Waals surface area contributed by atoms with Gasteiger partial charge < -0.3 is 4.90 Å². The minimum absolute atomic E-state index is 0.530. The van der Waals surface area contributed by atoms with Crippen LogP contribution in [0.2, 0.25) is 0 Å². The van der Waals surface area contributed by atoms with Crippen LogP contribution >= 0.6 is 0 Å². The number of piperidine rings is 1. The molecule has 5 nitrogen and oxygen atoms in total. The van der Waals surface area contributed by atoms with Crippen molar-refractivity contribution in [1.29, 1.82) is 0 Å². The summed E-state index contributed by atoms with van der Waals surface area (Å²) in [5, 5.41) is 10.2. The molecule has 1 fully saturated rings. The van der Waals surface area contributed by atoms with E-state index in [1.54, 1.807) is 0 Å². The molecule has 0 bridgehead atoms. The first-order valence-corrected chi connectivity index (χ1v) is 8.31. The van der Waals surface area contributed by atoms with Crippen molar-refractivity contribution in [2.45, 2.75) is 32.7 Å². The third-order valence-electron chi connectivity index (χ3n) is 4.95. The van der Waals surface area contributed by atoms with Crippen LogP contribution < -0.4 is 4.90 Å². The van der Waals surface area contributed by atoms with Crippen LogP contribution in [0.25, 0.3) is 10.9 Å². The molecule has 0 aliphatic carbocycles. The van der Waals surface area contributed by atoms with E-state index in [2.05, 4.69) is 58.0 Å². The first-order chi connectivity index (χ1) is 11.1. The van der Waals surface area contributed by atoms with Crippen molar-refractivity contribution in [3.63, 3.8) is 0 Å². The van der Waals surface area contributed by atoms with E-state index in [1.807, 2.05) is 17.9 Å². The van der Waals surface area contributed by atoms with Crippen molar-refractivity contribution in [3.8, 4) is 0 Å². The monoisotopic (exact) mass is 309 g/mol. The fraction of sp³-hybridized carbons (Fsp3) is 0.444. The smallest absolute Gasteiger partial charge is 0.0702 e. The van der Waals surface area contributed by atoms with E-state index in [-0.39, 0.29) is 0 Å². The Hall–Kier alpha value is -2.30. The van der Waals surface area contributed by atoms with Crippen LogP contribution in [0.4, 0.5) is 5.69 Å². The number of hydrogen-bond acceptors (Lipinski definition) is 3. The third kappa shape index (κ3) is 2.50. The standard InChI is InChI=1S/C18H23N5/c1-13-11-19-23(12-13)15-6-8-22(9-7-15)16-4-5-17-14(2)20-21(3)18(17)10-16/h4-5,10-12,15H,6-9H2,1-3H3. The first-order valence-electron chi connectivity index (χ1n) is 8.31. The lowest BCUT2D eigenvalue weighted by Crippen LogP contribution is -2.34. The normalized spacial score (nSPS) is 16.4. The second-order valence-electron chi connectivity index (χ2n) is 6.63. The maximum absolute atomic E-state index is 4.52. The van der Waals surface area contributed by atoms with Gasteiger partial charge in [-0.2, -0.15) is 10.2 Å². The molecule has 0 N–H and O–H groups in total. The molecule has 4 rings (SSSR count). The fourth-order valence-corrected chi connectivity index (χ4v) is 3.64. The molecule has 0 atom stereocenters. The highest BCUT2D eigenvalue weighted by Gasteiger charge is 2.21. The lowest BCUT2D eigenvalue weighted by atomic mass is 10.0. The zero-order valence-electron chi connectivity index (χ0n) is 14.0. The van der Waals surface area contributed by atoms with Gasteiger partial charge >= 0.3 is 0 Å². The van der Waals surface area contributed by atoms with Gasteiger partial charge in [0.15, 0.2) is 0 Å². The largest absolute Gasteiger partial charge is 0.371 e. The number of anilines is 1. The summed E-state index contributed by atoms with van der Waals surface area (Å²) in [5.41, 5.74) is 4.85. The number of nitrogens with zero attached hydrogens (tertiary/aromatic N) is 5. The summed E-state index contributed by atoms with van der Waals surface area (Å²) < 4.78 is 4.12. The van der Waals surface area contributed by atoms with E-state index in [0.717, 1.165) is 31.6 Å². The molecule has 1 aromatic carbocycles. The fourth-order valence-electron chi connectivity index (χ4n) is 3.64. The Morgan fingerprint density at radius 2 is 1.91 bits per heavy atom. The molecule has 3 heterocycles. The summed E-state index contributed by atoms with van der Waals surface area (Å²) in [6.07, 6.45) is 6.39. The Morgan fingerprint density at radius 3 is 2.61 bits per heavy atom. The summed E-state index contributed by atoms with van der Waals surface area (Å²) >= 11 is 0. The van der Waals surface area contributed by atoms with Gasteiger partial charge in [-0.3, -0.25) is 9.36 Å². The van der Waals surface area contributed by atoms with Gasteiger partial charge in [-0.05, 0) is 50.5 Å². The van der Waals surface area contributed by atoms with Crippen molar-refractivity contribution < 1.29 is 0 Å². The maximum atomic E-state index is 4.52. The lowest BCUT2D eigenvalue weighted by molar-refractivity contribution is 0.367. The zero-order valence-corrected chi connectivity index (χ0v) is 14.0. The van der Waals surface area contributed by atoms with Crippen LogP contribution in [-0.2, 0) is 7.05 Å². The van der Waals surface area contributed by atoms with E-state index in [4.69, 9.17) is 0 Å². The summed E-state index contributed by atoms with van der Waals surface area (Å²) in [6, 6.07) is 7.24. The van der Waals surface area contributed by atoms with E-state index < -0.39 is 0 Å². The van der Waals surface area contributed by atoms with Gasteiger partial charge in [0.05, 0.1) is 23.4 Å². The molecule has 1 aliphatic rings. The van der Waals surface area contributed by atoms with Crippen molar-refractivity contribution in [1.82, 2.24) is 19.6 Å². The average molecular weight is 309 g/mol. The number of aryl methyl sites for hydroxylation is 3. The van der Waals surface area contributed by atoms with Crippen LogP contribution in [0, 0.1) is 13.8 Å². The van der Waals surface area contributed by atoms with Gasteiger partial charge in [0.2, 0.25) is 0 Å². The Bertz CT molecular complexity index is 836. The van der Waals surface area contributed by atoms with Gasteiger partial charge in [-0.1, -0.05) is 0 Å². The molecule has 1 saturated heterocycles. The molecule has 0 spiro atoms. The van der Waals surface area contributed by atoms with Crippen LogP contribution in [0.3, 0.4) is 0 Å². The lowest BCUT2D eigenvalue weighted by Gasteiger charge is -2.33. The topological polar surface area (TPSA) is 38.9 Å². The van der Waals surface area contributed by atoms with Gasteiger partial charge in [0.25, 0.3) is 0 Å². The molecule has 3 aromatic rings. The highest BCUT2D eigenvalue weighted by molar-refractivity contribution is 5.85. The molecule has 0 radical (unpaired) electrons. The number of rotatable bonds is 2. The summed E-state index contributed by atoms with van der Waals surface area (Å²) in [7, 11) is 2.02. The first kappa shape index (κ1) is 14.3. The van der Waals surface area contributed by atoms with Gasteiger partial charge in [-0.25, -0.2) is 0 Å². The molecule has 0 amide bonds. The molecule has 5 heteroatoms. The Labute approximate surface area is 136 Å². The molecule has 0 unspecified atom stereocenters. The van der Waals surface area contributed by atoms with E-state index in [9.17, 15) is 0 Å². The highest BCUT2D eigenvalue weighted by Crippen LogP contribution is 2.29. The minimum Gasteiger partial charge on any atom is -0.371 e. The molecule has 2 aromatic heterocycles.